The Labute approximate surface area is 66.5 Å². The fraction of sp³-hybridized carbons (Fsp3) is 1.00. The van der Waals surface area contributed by atoms with Crippen LogP contribution in [0.5, 0.6) is 0 Å². The van der Waals surface area contributed by atoms with E-state index in [2.05, 4.69) is 10.1 Å². The lowest BCUT2D eigenvalue weighted by atomic mass is 10.2. The number of likely N-dealkylation sites (N-methyl/N-ethyl adjacent to an activating group) is 1. The van der Waals surface area contributed by atoms with E-state index in [1.165, 1.54) is 0 Å². The normalized spacial score (nSPS) is 32.5. The number of hydrogen-bond donors (Lipinski definition) is 0. The van der Waals surface area contributed by atoms with Crippen molar-refractivity contribution in [1.29, 1.82) is 0 Å². The van der Waals surface area contributed by atoms with Gasteiger partial charge >= 0.3 is 0 Å². The summed E-state index contributed by atoms with van der Waals surface area (Å²) in [6, 6.07) is 0.350. The fourth-order valence-electron chi connectivity index (χ4n) is 1.51. The first kappa shape index (κ1) is 8.62. The molecule has 0 amide bonds. The summed E-state index contributed by atoms with van der Waals surface area (Å²) in [5, 5.41) is 3.02. The van der Waals surface area contributed by atoms with Crippen LogP contribution in [0.15, 0.2) is 5.18 Å². The van der Waals surface area contributed by atoms with Crippen LogP contribution in [0.4, 0.5) is 0 Å². The third-order valence-corrected chi connectivity index (χ3v) is 2.17. The minimum Gasteiger partial charge on any atom is -0.383 e. The zero-order valence-electron chi connectivity index (χ0n) is 6.99. The molecular weight excluding hydrogens is 144 g/mol. The van der Waals surface area contributed by atoms with Crippen LogP contribution in [-0.4, -0.2) is 44.3 Å². The van der Waals surface area contributed by atoms with E-state index in [1.807, 2.05) is 7.05 Å². The Morgan fingerprint density at radius 1 is 1.73 bits per heavy atom. The maximum absolute atomic E-state index is 10.2. The van der Waals surface area contributed by atoms with E-state index in [-0.39, 0.29) is 6.04 Å². The zero-order chi connectivity index (χ0) is 8.27. The van der Waals surface area contributed by atoms with Gasteiger partial charge in [0.15, 0.2) is 0 Å². The zero-order valence-corrected chi connectivity index (χ0v) is 6.99. The molecule has 4 nitrogen and oxygen atoms in total. The molecule has 4 heteroatoms. The molecule has 11 heavy (non-hydrogen) atoms. The van der Waals surface area contributed by atoms with E-state index in [4.69, 9.17) is 4.74 Å². The van der Waals surface area contributed by atoms with Gasteiger partial charge in [-0.2, -0.15) is 4.91 Å². The van der Waals surface area contributed by atoms with E-state index in [9.17, 15) is 4.91 Å². The molecule has 0 spiro atoms. The maximum atomic E-state index is 10.2. The van der Waals surface area contributed by atoms with Gasteiger partial charge in [0.05, 0.1) is 6.61 Å². The second kappa shape index (κ2) is 3.78. The van der Waals surface area contributed by atoms with Crippen LogP contribution in [0.1, 0.15) is 6.42 Å². The number of ether oxygens (including phenoxy) is 1. The monoisotopic (exact) mass is 158 g/mol. The lowest BCUT2D eigenvalue weighted by Gasteiger charge is -2.16. The van der Waals surface area contributed by atoms with Gasteiger partial charge in [-0.25, -0.2) is 0 Å². The van der Waals surface area contributed by atoms with Crippen molar-refractivity contribution in [2.24, 2.45) is 5.18 Å². The smallest absolute Gasteiger partial charge is 0.106 e. The molecule has 1 heterocycles. The molecule has 0 bridgehead atoms. The molecule has 0 aliphatic carbocycles. The predicted octanol–water partition coefficient (Wildman–Crippen LogP) is 0.472. The lowest BCUT2D eigenvalue weighted by molar-refractivity contribution is 0.129. The Hall–Kier alpha value is -0.480. The molecule has 1 rings (SSSR count). The van der Waals surface area contributed by atoms with Crippen LogP contribution in [0.2, 0.25) is 0 Å². The van der Waals surface area contributed by atoms with Gasteiger partial charge < -0.3 is 4.74 Å². The largest absolute Gasteiger partial charge is 0.383 e. The standard InChI is InChI=1S/C7H14N2O2/c1-9-4-6(8-10)3-7(9)5-11-2/h6-7H,3-5H2,1-2H3. The average molecular weight is 158 g/mol. The third-order valence-electron chi connectivity index (χ3n) is 2.17. The van der Waals surface area contributed by atoms with Crippen LogP contribution < -0.4 is 0 Å². The molecule has 1 aliphatic rings. The Morgan fingerprint density at radius 3 is 2.91 bits per heavy atom. The van der Waals surface area contributed by atoms with Gasteiger partial charge in [0, 0.05) is 19.7 Å². The number of hydrogen-bond acceptors (Lipinski definition) is 4. The van der Waals surface area contributed by atoms with Gasteiger partial charge in [-0.15, -0.1) is 0 Å². The van der Waals surface area contributed by atoms with Gasteiger partial charge in [-0.05, 0) is 13.5 Å². The average Bonchev–Trinajstić information content (AvgIpc) is 2.33. The minimum absolute atomic E-state index is 0.0276. The van der Waals surface area contributed by atoms with Crippen LogP contribution >= 0.6 is 0 Å². The highest BCUT2D eigenvalue weighted by atomic mass is 16.5. The van der Waals surface area contributed by atoms with Crippen molar-refractivity contribution in [3.63, 3.8) is 0 Å². The van der Waals surface area contributed by atoms with E-state index in [0.717, 1.165) is 13.0 Å². The summed E-state index contributed by atoms with van der Waals surface area (Å²) in [6.45, 7) is 1.47. The minimum atomic E-state index is -0.0276. The predicted molar refractivity (Wildman–Crippen MR) is 42.5 cm³/mol. The van der Waals surface area contributed by atoms with Crippen molar-refractivity contribution >= 4 is 0 Å². The molecule has 1 fully saturated rings. The summed E-state index contributed by atoms with van der Waals surface area (Å²) in [6.07, 6.45) is 0.841. The van der Waals surface area contributed by atoms with Crippen molar-refractivity contribution in [1.82, 2.24) is 4.90 Å². The van der Waals surface area contributed by atoms with E-state index < -0.39 is 0 Å². The summed E-state index contributed by atoms with van der Waals surface area (Å²) in [5.41, 5.74) is 0. The molecule has 0 radical (unpaired) electrons. The highest BCUT2D eigenvalue weighted by molar-refractivity contribution is 4.86. The molecule has 0 saturated carbocycles. The molecule has 0 aromatic carbocycles. The summed E-state index contributed by atoms with van der Waals surface area (Å²) >= 11 is 0. The SMILES string of the molecule is COCC1CC(N=O)CN1C. The lowest BCUT2D eigenvalue weighted by Crippen LogP contribution is -2.28. The molecule has 2 unspecified atom stereocenters. The van der Waals surface area contributed by atoms with Crippen LogP contribution in [0, 0.1) is 4.91 Å². The molecule has 1 aliphatic heterocycles. The summed E-state index contributed by atoms with van der Waals surface area (Å²) in [7, 11) is 3.67. The maximum Gasteiger partial charge on any atom is 0.106 e. The third kappa shape index (κ3) is 1.97. The van der Waals surface area contributed by atoms with Crippen molar-refractivity contribution in [2.75, 3.05) is 27.3 Å². The first-order valence-corrected chi connectivity index (χ1v) is 3.79. The fourth-order valence-corrected chi connectivity index (χ4v) is 1.51. The number of likely N-dealkylation sites (tertiary alicyclic amines) is 1. The molecular formula is C7H14N2O2. The molecule has 2 atom stereocenters. The van der Waals surface area contributed by atoms with Gasteiger partial charge in [-0.1, -0.05) is 5.18 Å². The molecule has 0 aromatic rings. The Kier molecular flexibility index (Phi) is 2.96. The van der Waals surface area contributed by atoms with Gasteiger partial charge in [0.25, 0.3) is 0 Å². The molecule has 0 N–H and O–H groups in total. The quantitative estimate of drug-likeness (QED) is 0.561. The second-order valence-corrected chi connectivity index (χ2v) is 3.04. The summed E-state index contributed by atoms with van der Waals surface area (Å²) in [5.74, 6) is 0. The van der Waals surface area contributed by atoms with Gasteiger partial charge in [0.2, 0.25) is 0 Å². The molecule has 64 valence electrons. The Bertz CT molecular complexity index is 140. The number of nitroso groups, excluding NO2 is 1. The Morgan fingerprint density at radius 2 is 2.45 bits per heavy atom. The van der Waals surface area contributed by atoms with E-state index >= 15 is 0 Å². The van der Waals surface area contributed by atoms with Crippen molar-refractivity contribution < 1.29 is 4.74 Å². The second-order valence-electron chi connectivity index (χ2n) is 3.04. The highest BCUT2D eigenvalue weighted by Crippen LogP contribution is 2.17. The molecule has 1 saturated heterocycles. The van der Waals surface area contributed by atoms with Gasteiger partial charge in [0.1, 0.15) is 6.04 Å². The summed E-state index contributed by atoms with van der Waals surface area (Å²) < 4.78 is 5.00. The van der Waals surface area contributed by atoms with Gasteiger partial charge in [-0.3, -0.25) is 4.90 Å². The van der Waals surface area contributed by atoms with E-state index in [1.54, 1.807) is 7.11 Å². The van der Waals surface area contributed by atoms with Crippen LogP contribution in [-0.2, 0) is 4.74 Å². The number of methoxy groups -OCH3 is 1. The van der Waals surface area contributed by atoms with Crippen LogP contribution in [0.25, 0.3) is 0 Å². The summed E-state index contributed by atoms with van der Waals surface area (Å²) in [4.78, 5) is 12.3. The number of nitrogens with zero attached hydrogens (tertiary/aromatic N) is 2. The highest BCUT2D eigenvalue weighted by Gasteiger charge is 2.29. The van der Waals surface area contributed by atoms with E-state index in [0.29, 0.717) is 12.6 Å². The van der Waals surface area contributed by atoms with Crippen molar-refractivity contribution in [3.05, 3.63) is 4.91 Å². The first-order valence-electron chi connectivity index (χ1n) is 3.79. The van der Waals surface area contributed by atoms with Crippen molar-refractivity contribution in [2.45, 2.75) is 18.5 Å². The first-order chi connectivity index (χ1) is 5.27. The Balaban J connectivity index is 2.38. The van der Waals surface area contributed by atoms with Crippen LogP contribution in [0.3, 0.4) is 0 Å². The topological polar surface area (TPSA) is 41.9 Å². The van der Waals surface area contributed by atoms with Crippen molar-refractivity contribution in [3.8, 4) is 0 Å². The number of rotatable bonds is 3. The molecule has 0 aromatic heterocycles.